The van der Waals surface area contributed by atoms with Gasteiger partial charge in [0.25, 0.3) is 0 Å². The first-order valence-electron chi connectivity index (χ1n) is 6.28. The van der Waals surface area contributed by atoms with E-state index >= 15 is 0 Å². The van der Waals surface area contributed by atoms with E-state index in [1.54, 1.807) is 0 Å². The molecule has 1 aliphatic heterocycles. The topological polar surface area (TPSA) is 47.1 Å². The van der Waals surface area contributed by atoms with Crippen LogP contribution in [0.15, 0.2) is 10.9 Å². The number of rotatable bonds is 2. The van der Waals surface area contributed by atoms with Crippen LogP contribution in [0, 0.1) is 13.8 Å². The van der Waals surface area contributed by atoms with Crippen molar-refractivity contribution in [2.75, 3.05) is 6.54 Å². The van der Waals surface area contributed by atoms with Crippen LogP contribution >= 0.6 is 0 Å². The zero-order chi connectivity index (χ0) is 12.7. The SMILES string of the molecule is Cc1noc(C)c1CN1CCc2c(ncn2C)C1. The Balaban J connectivity index is 1.77. The van der Waals surface area contributed by atoms with Crippen LogP contribution in [0.5, 0.6) is 0 Å². The molecule has 0 bridgehead atoms. The number of hydrogen-bond acceptors (Lipinski definition) is 4. The van der Waals surface area contributed by atoms with Crippen LogP contribution in [0.3, 0.4) is 0 Å². The molecule has 5 heteroatoms. The van der Waals surface area contributed by atoms with E-state index in [1.807, 2.05) is 20.2 Å². The standard InChI is InChI=1S/C13H18N4O/c1-9-11(10(2)18-15-9)6-17-5-4-13-12(7-17)14-8-16(13)3/h8H,4-7H2,1-3H3. The van der Waals surface area contributed by atoms with Crippen LogP contribution in [-0.4, -0.2) is 26.2 Å². The van der Waals surface area contributed by atoms with Gasteiger partial charge in [-0.25, -0.2) is 4.98 Å². The molecule has 1 aliphatic rings. The highest BCUT2D eigenvalue weighted by atomic mass is 16.5. The molecule has 18 heavy (non-hydrogen) atoms. The first kappa shape index (κ1) is 11.5. The molecule has 3 heterocycles. The molecule has 0 N–H and O–H groups in total. The van der Waals surface area contributed by atoms with E-state index in [0.29, 0.717) is 0 Å². The first-order valence-corrected chi connectivity index (χ1v) is 6.28. The van der Waals surface area contributed by atoms with E-state index < -0.39 is 0 Å². The summed E-state index contributed by atoms with van der Waals surface area (Å²) in [6.07, 6.45) is 2.97. The number of fused-ring (bicyclic) bond motifs is 1. The molecule has 0 saturated carbocycles. The van der Waals surface area contributed by atoms with E-state index in [-0.39, 0.29) is 0 Å². The van der Waals surface area contributed by atoms with Crippen LogP contribution < -0.4 is 0 Å². The minimum absolute atomic E-state index is 0.900. The molecular weight excluding hydrogens is 228 g/mol. The minimum Gasteiger partial charge on any atom is -0.361 e. The molecule has 0 atom stereocenters. The zero-order valence-electron chi connectivity index (χ0n) is 11.1. The van der Waals surface area contributed by atoms with Gasteiger partial charge in [-0.2, -0.15) is 0 Å². The Bertz CT molecular complexity index is 550. The van der Waals surface area contributed by atoms with Crippen LogP contribution in [0.4, 0.5) is 0 Å². The number of aromatic nitrogens is 3. The van der Waals surface area contributed by atoms with E-state index in [2.05, 4.69) is 26.7 Å². The van der Waals surface area contributed by atoms with Crippen molar-refractivity contribution in [1.82, 2.24) is 19.6 Å². The average Bonchev–Trinajstić information content (AvgIpc) is 2.87. The Hall–Kier alpha value is -1.62. The second kappa shape index (κ2) is 4.24. The third kappa shape index (κ3) is 1.84. The number of nitrogens with zero attached hydrogens (tertiary/aromatic N) is 4. The molecule has 3 rings (SSSR count). The Kier molecular flexibility index (Phi) is 2.70. The molecule has 0 saturated heterocycles. The molecule has 0 spiro atoms. The summed E-state index contributed by atoms with van der Waals surface area (Å²) in [5.74, 6) is 0.930. The predicted octanol–water partition coefficient (Wildman–Crippen LogP) is 1.58. The summed E-state index contributed by atoms with van der Waals surface area (Å²) >= 11 is 0. The van der Waals surface area contributed by atoms with Gasteiger partial charge in [0.1, 0.15) is 5.76 Å². The summed E-state index contributed by atoms with van der Waals surface area (Å²) in [6, 6.07) is 0. The molecule has 2 aromatic rings. The highest BCUT2D eigenvalue weighted by molar-refractivity contribution is 5.22. The zero-order valence-corrected chi connectivity index (χ0v) is 11.1. The van der Waals surface area contributed by atoms with Crippen LogP contribution in [0.1, 0.15) is 28.4 Å². The van der Waals surface area contributed by atoms with E-state index in [9.17, 15) is 0 Å². The van der Waals surface area contributed by atoms with E-state index in [1.165, 1.54) is 17.0 Å². The van der Waals surface area contributed by atoms with E-state index in [0.717, 1.165) is 37.5 Å². The quantitative estimate of drug-likeness (QED) is 0.807. The fraction of sp³-hybridized carbons (Fsp3) is 0.538. The van der Waals surface area contributed by atoms with Crippen LogP contribution in [0.25, 0.3) is 0 Å². The lowest BCUT2D eigenvalue weighted by molar-refractivity contribution is 0.238. The molecule has 2 aromatic heterocycles. The number of hydrogen-bond donors (Lipinski definition) is 0. The second-order valence-corrected chi connectivity index (χ2v) is 5.01. The third-order valence-electron chi connectivity index (χ3n) is 3.75. The fourth-order valence-electron chi connectivity index (χ4n) is 2.60. The lowest BCUT2D eigenvalue weighted by atomic mass is 10.1. The van der Waals surface area contributed by atoms with Gasteiger partial charge < -0.3 is 9.09 Å². The van der Waals surface area contributed by atoms with Crippen LogP contribution in [0.2, 0.25) is 0 Å². The monoisotopic (exact) mass is 246 g/mol. The Labute approximate surface area is 106 Å². The summed E-state index contributed by atoms with van der Waals surface area (Å²) in [7, 11) is 2.07. The maximum absolute atomic E-state index is 5.21. The van der Waals surface area contributed by atoms with Crippen molar-refractivity contribution in [3.8, 4) is 0 Å². The van der Waals surface area contributed by atoms with E-state index in [4.69, 9.17) is 4.52 Å². The van der Waals surface area contributed by atoms with Crippen LogP contribution in [-0.2, 0) is 26.6 Å². The van der Waals surface area contributed by atoms with Gasteiger partial charge in [0.05, 0.1) is 17.7 Å². The molecule has 0 amide bonds. The first-order chi connectivity index (χ1) is 8.65. The molecule has 0 unspecified atom stereocenters. The van der Waals surface area contributed by atoms with Gasteiger partial charge in [-0.3, -0.25) is 4.90 Å². The maximum atomic E-state index is 5.21. The van der Waals surface area contributed by atoms with Gasteiger partial charge in [-0.1, -0.05) is 5.16 Å². The summed E-state index contributed by atoms with van der Waals surface area (Å²) in [4.78, 5) is 6.87. The lowest BCUT2D eigenvalue weighted by Gasteiger charge is -2.26. The predicted molar refractivity (Wildman–Crippen MR) is 67.0 cm³/mol. The Morgan fingerprint density at radius 3 is 2.94 bits per heavy atom. The molecule has 0 aromatic carbocycles. The second-order valence-electron chi connectivity index (χ2n) is 5.01. The molecule has 0 fully saturated rings. The van der Waals surface area contributed by atoms with Crippen molar-refractivity contribution in [2.45, 2.75) is 33.4 Å². The van der Waals surface area contributed by atoms with Gasteiger partial charge in [0.15, 0.2) is 0 Å². The normalized spacial score (nSPS) is 15.9. The molecule has 0 aliphatic carbocycles. The molecule has 96 valence electrons. The largest absolute Gasteiger partial charge is 0.361 e. The van der Waals surface area contributed by atoms with Crippen molar-refractivity contribution in [3.63, 3.8) is 0 Å². The summed E-state index contributed by atoms with van der Waals surface area (Å²) in [5, 5.41) is 4.01. The van der Waals surface area contributed by atoms with Gasteiger partial charge in [0, 0.05) is 44.4 Å². The Morgan fingerprint density at radius 2 is 2.22 bits per heavy atom. The van der Waals surface area contributed by atoms with Crippen molar-refractivity contribution in [1.29, 1.82) is 0 Å². The highest BCUT2D eigenvalue weighted by Crippen LogP contribution is 2.21. The van der Waals surface area contributed by atoms with Gasteiger partial charge in [-0.15, -0.1) is 0 Å². The summed E-state index contributed by atoms with van der Waals surface area (Å²) in [5.41, 5.74) is 4.79. The highest BCUT2D eigenvalue weighted by Gasteiger charge is 2.21. The van der Waals surface area contributed by atoms with Crippen molar-refractivity contribution >= 4 is 0 Å². The van der Waals surface area contributed by atoms with Gasteiger partial charge in [0.2, 0.25) is 0 Å². The smallest absolute Gasteiger partial charge is 0.138 e. The van der Waals surface area contributed by atoms with Gasteiger partial charge >= 0.3 is 0 Å². The molecule has 5 nitrogen and oxygen atoms in total. The Morgan fingerprint density at radius 1 is 1.39 bits per heavy atom. The van der Waals surface area contributed by atoms with Crippen molar-refractivity contribution in [2.24, 2.45) is 7.05 Å². The average molecular weight is 246 g/mol. The molecular formula is C13H18N4O. The maximum Gasteiger partial charge on any atom is 0.138 e. The van der Waals surface area contributed by atoms with Crippen molar-refractivity contribution in [3.05, 3.63) is 34.7 Å². The van der Waals surface area contributed by atoms with Gasteiger partial charge in [-0.05, 0) is 13.8 Å². The minimum atomic E-state index is 0.900. The summed E-state index contributed by atoms with van der Waals surface area (Å²) < 4.78 is 7.34. The fourth-order valence-corrected chi connectivity index (χ4v) is 2.60. The number of imidazole rings is 1. The summed E-state index contributed by atoms with van der Waals surface area (Å²) in [6.45, 7) is 6.86. The molecule has 0 radical (unpaired) electrons. The lowest BCUT2D eigenvalue weighted by Crippen LogP contribution is -2.31. The third-order valence-corrected chi connectivity index (χ3v) is 3.75. The number of aryl methyl sites for hydroxylation is 3. The van der Waals surface area contributed by atoms with Crippen molar-refractivity contribution < 1.29 is 4.52 Å².